The SMILES string of the molecule is CCn1cc(CN(C)C(=S)Nc2ccc(Cl)c(Cl)c2)c(C)n1. The highest BCUT2D eigenvalue weighted by atomic mass is 35.5. The number of anilines is 1. The van der Waals surface area contributed by atoms with E-state index in [9.17, 15) is 0 Å². The van der Waals surface area contributed by atoms with Crippen molar-refractivity contribution in [2.24, 2.45) is 0 Å². The standard InChI is InChI=1S/C15H18Cl2N4S/c1-4-21-9-11(10(2)19-21)8-20(3)15(22)18-12-5-6-13(16)14(17)7-12/h5-7,9H,4,8H2,1-3H3,(H,18,22). The number of benzene rings is 1. The summed E-state index contributed by atoms with van der Waals surface area (Å²) in [5.41, 5.74) is 2.99. The molecule has 22 heavy (non-hydrogen) atoms. The first-order chi connectivity index (χ1) is 10.4. The lowest BCUT2D eigenvalue weighted by Gasteiger charge is -2.21. The van der Waals surface area contributed by atoms with Crippen LogP contribution < -0.4 is 5.32 Å². The van der Waals surface area contributed by atoms with Gasteiger partial charge in [0.05, 0.1) is 15.7 Å². The fourth-order valence-corrected chi connectivity index (χ4v) is 2.48. The third-order valence-corrected chi connectivity index (χ3v) is 4.45. The van der Waals surface area contributed by atoms with E-state index in [4.69, 9.17) is 35.4 Å². The maximum absolute atomic E-state index is 6.01. The highest BCUT2D eigenvalue weighted by Crippen LogP contribution is 2.25. The van der Waals surface area contributed by atoms with Crippen LogP contribution in [0.1, 0.15) is 18.2 Å². The van der Waals surface area contributed by atoms with Crippen molar-refractivity contribution in [3.8, 4) is 0 Å². The Morgan fingerprint density at radius 3 is 2.68 bits per heavy atom. The van der Waals surface area contributed by atoms with Crippen molar-refractivity contribution in [3.05, 3.63) is 45.7 Å². The average Bonchev–Trinajstić information content (AvgIpc) is 2.83. The van der Waals surface area contributed by atoms with Gasteiger partial charge in [-0.25, -0.2) is 0 Å². The van der Waals surface area contributed by atoms with Crippen molar-refractivity contribution >= 4 is 46.2 Å². The molecule has 0 aliphatic carbocycles. The van der Waals surface area contributed by atoms with E-state index in [2.05, 4.69) is 17.3 Å². The van der Waals surface area contributed by atoms with Gasteiger partial charge in [0.15, 0.2) is 5.11 Å². The van der Waals surface area contributed by atoms with Gasteiger partial charge >= 0.3 is 0 Å². The van der Waals surface area contributed by atoms with E-state index in [0.29, 0.717) is 21.7 Å². The van der Waals surface area contributed by atoms with Crippen molar-refractivity contribution in [2.75, 3.05) is 12.4 Å². The summed E-state index contributed by atoms with van der Waals surface area (Å²) in [7, 11) is 1.94. The van der Waals surface area contributed by atoms with E-state index in [1.165, 1.54) is 0 Å². The van der Waals surface area contributed by atoms with E-state index >= 15 is 0 Å². The predicted octanol–water partition coefficient (Wildman–Crippen LogP) is 4.35. The number of nitrogens with zero attached hydrogens (tertiary/aromatic N) is 3. The monoisotopic (exact) mass is 356 g/mol. The van der Waals surface area contributed by atoms with Crippen LogP contribution in [0.15, 0.2) is 24.4 Å². The molecule has 4 nitrogen and oxygen atoms in total. The molecule has 0 aliphatic heterocycles. The van der Waals surface area contributed by atoms with Gasteiger partial charge in [-0.3, -0.25) is 4.68 Å². The molecule has 0 unspecified atom stereocenters. The van der Waals surface area contributed by atoms with Crippen molar-refractivity contribution in [1.29, 1.82) is 0 Å². The zero-order chi connectivity index (χ0) is 16.3. The fraction of sp³-hybridized carbons (Fsp3) is 0.333. The van der Waals surface area contributed by atoms with E-state index in [0.717, 1.165) is 23.5 Å². The summed E-state index contributed by atoms with van der Waals surface area (Å²) in [5, 5.41) is 9.23. The van der Waals surface area contributed by atoms with Gasteiger partial charge in [0.25, 0.3) is 0 Å². The predicted molar refractivity (Wildman–Crippen MR) is 96.8 cm³/mol. The molecule has 1 aromatic heterocycles. The Morgan fingerprint density at radius 2 is 2.09 bits per heavy atom. The van der Waals surface area contributed by atoms with Gasteiger partial charge in [0.2, 0.25) is 0 Å². The third-order valence-electron chi connectivity index (χ3n) is 3.30. The van der Waals surface area contributed by atoms with E-state index < -0.39 is 0 Å². The summed E-state index contributed by atoms with van der Waals surface area (Å²) < 4.78 is 1.92. The second-order valence-corrected chi connectivity index (χ2v) is 6.21. The first-order valence-corrected chi connectivity index (χ1v) is 8.07. The molecule has 1 aromatic carbocycles. The molecule has 2 aromatic rings. The molecule has 0 radical (unpaired) electrons. The molecule has 0 spiro atoms. The van der Waals surface area contributed by atoms with Crippen molar-refractivity contribution in [3.63, 3.8) is 0 Å². The molecule has 7 heteroatoms. The summed E-state index contributed by atoms with van der Waals surface area (Å²) in [5.74, 6) is 0. The quantitative estimate of drug-likeness (QED) is 0.825. The second kappa shape index (κ2) is 7.31. The van der Waals surface area contributed by atoms with Crippen LogP contribution in [0.3, 0.4) is 0 Å². The highest BCUT2D eigenvalue weighted by Gasteiger charge is 2.10. The average molecular weight is 357 g/mol. The minimum Gasteiger partial charge on any atom is -0.348 e. The van der Waals surface area contributed by atoms with Gasteiger partial charge in [-0.05, 0) is 44.3 Å². The summed E-state index contributed by atoms with van der Waals surface area (Å²) in [6.07, 6.45) is 2.05. The van der Waals surface area contributed by atoms with Gasteiger partial charge in [-0.15, -0.1) is 0 Å². The maximum Gasteiger partial charge on any atom is 0.173 e. The number of thiocarbonyl (C=S) groups is 1. The highest BCUT2D eigenvalue weighted by molar-refractivity contribution is 7.80. The maximum atomic E-state index is 6.01. The van der Waals surface area contributed by atoms with E-state index in [1.54, 1.807) is 12.1 Å². The second-order valence-electron chi connectivity index (χ2n) is 5.01. The molecule has 0 aliphatic rings. The normalized spacial score (nSPS) is 10.6. The minimum absolute atomic E-state index is 0.497. The Bertz CT molecular complexity index is 684. The molecule has 0 atom stereocenters. The zero-order valence-corrected chi connectivity index (χ0v) is 15.1. The van der Waals surface area contributed by atoms with Gasteiger partial charge in [-0.2, -0.15) is 5.10 Å². The topological polar surface area (TPSA) is 33.1 Å². The number of halogens is 2. The van der Waals surface area contributed by atoms with Crippen LogP contribution >= 0.6 is 35.4 Å². The van der Waals surface area contributed by atoms with E-state index in [-0.39, 0.29) is 0 Å². The molecular formula is C15H18Cl2N4S. The molecule has 2 rings (SSSR count). The van der Waals surface area contributed by atoms with Gasteiger partial charge in [0.1, 0.15) is 0 Å². The number of aromatic nitrogens is 2. The van der Waals surface area contributed by atoms with E-state index in [1.807, 2.05) is 35.8 Å². The molecule has 118 valence electrons. The Balaban J connectivity index is 2.02. The lowest BCUT2D eigenvalue weighted by molar-refractivity contribution is 0.506. The Morgan fingerprint density at radius 1 is 1.36 bits per heavy atom. The third kappa shape index (κ3) is 4.12. The van der Waals surface area contributed by atoms with Crippen LogP contribution in [-0.2, 0) is 13.1 Å². The Labute approximate surface area is 146 Å². The molecular weight excluding hydrogens is 339 g/mol. The van der Waals surface area contributed by atoms with Crippen LogP contribution in [-0.4, -0.2) is 26.8 Å². The first kappa shape index (κ1) is 17.1. The van der Waals surface area contributed by atoms with Crippen molar-refractivity contribution < 1.29 is 0 Å². The van der Waals surface area contributed by atoms with Crippen LogP contribution in [0.2, 0.25) is 10.0 Å². The molecule has 0 saturated carbocycles. The summed E-state index contributed by atoms with van der Waals surface area (Å²) in [4.78, 5) is 1.96. The molecule has 0 fully saturated rings. The van der Waals surface area contributed by atoms with Crippen LogP contribution in [0, 0.1) is 6.92 Å². The first-order valence-electron chi connectivity index (χ1n) is 6.90. The number of nitrogens with one attached hydrogen (secondary N) is 1. The van der Waals surface area contributed by atoms with Gasteiger partial charge in [0, 0.05) is 37.6 Å². The van der Waals surface area contributed by atoms with Gasteiger partial charge < -0.3 is 10.2 Å². The zero-order valence-electron chi connectivity index (χ0n) is 12.7. The smallest absolute Gasteiger partial charge is 0.173 e. The Kier molecular flexibility index (Phi) is 5.67. The van der Waals surface area contributed by atoms with Crippen LogP contribution in [0.5, 0.6) is 0 Å². The number of aryl methyl sites for hydroxylation is 2. The fourth-order valence-electron chi connectivity index (χ4n) is 2.00. The minimum atomic E-state index is 0.497. The Hall–Kier alpha value is -1.30. The lowest BCUT2D eigenvalue weighted by Crippen LogP contribution is -2.30. The molecule has 0 saturated heterocycles. The summed E-state index contributed by atoms with van der Waals surface area (Å²) >= 11 is 17.3. The lowest BCUT2D eigenvalue weighted by atomic mass is 10.2. The summed E-state index contributed by atoms with van der Waals surface area (Å²) in [6, 6.07) is 5.34. The van der Waals surface area contributed by atoms with Crippen molar-refractivity contribution in [2.45, 2.75) is 26.9 Å². The molecule has 1 heterocycles. The largest absolute Gasteiger partial charge is 0.348 e. The molecule has 0 bridgehead atoms. The number of hydrogen-bond acceptors (Lipinski definition) is 2. The van der Waals surface area contributed by atoms with Crippen molar-refractivity contribution in [1.82, 2.24) is 14.7 Å². The molecule has 1 N–H and O–H groups in total. The van der Waals surface area contributed by atoms with Gasteiger partial charge in [-0.1, -0.05) is 23.2 Å². The number of hydrogen-bond donors (Lipinski definition) is 1. The van der Waals surface area contributed by atoms with Crippen LogP contribution in [0.25, 0.3) is 0 Å². The summed E-state index contributed by atoms with van der Waals surface area (Å²) in [6.45, 7) is 5.62. The van der Waals surface area contributed by atoms with Crippen LogP contribution in [0.4, 0.5) is 5.69 Å². The number of rotatable bonds is 4. The molecule has 0 amide bonds.